The minimum absolute atomic E-state index is 0.175. The summed E-state index contributed by atoms with van der Waals surface area (Å²) >= 11 is 2.47. The van der Waals surface area contributed by atoms with Gasteiger partial charge in [-0.15, -0.1) is 0 Å². The van der Waals surface area contributed by atoms with Gasteiger partial charge in [0.2, 0.25) is 0 Å². The average molecular weight is 310 g/mol. The van der Waals surface area contributed by atoms with E-state index in [2.05, 4.69) is 25.3 Å². The van der Waals surface area contributed by atoms with Crippen molar-refractivity contribution >= 4 is 36.9 Å². The molecule has 0 aliphatic heterocycles. The van der Waals surface area contributed by atoms with E-state index in [1.54, 1.807) is 12.1 Å². The topological polar surface area (TPSA) is 61.0 Å². The predicted octanol–water partition coefficient (Wildman–Crippen LogP) is 1.52. The van der Waals surface area contributed by atoms with Crippen molar-refractivity contribution in [2.75, 3.05) is 14.2 Å². The third kappa shape index (κ3) is 2.09. The molecule has 0 spiro atoms. The fourth-order valence-electron chi connectivity index (χ4n) is 1.57. The number of benzene rings is 1. The van der Waals surface area contributed by atoms with Crippen LogP contribution in [-0.4, -0.2) is 34.5 Å². The van der Waals surface area contributed by atoms with Crippen molar-refractivity contribution in [2.24, 2.45) is 4.99 Å². The molecule has 0 N–H and O–H groups in total. The van der Waals surface area contributed by atoms with Gasteiger partial charge < -0.3 is 0 Å². The molecule has 0 aliphatic carbocycles. The standard InChI is InChI=1S/C12H9NO4Se/c1-15-10-3-7-9(4-11(10)16-2)17-5-8(12(7)14)13-6-18/h3-5H,1-2H3. The number of hydrogen-bond donors (Lipinski definition) is 0. The summed E-state index contributed by atoms with van der Waals surface area (Å²) in [5.74, 6) is 0.963. The zero-order valence-corrected chi connectivity index (χ0v) is 11.4. The molecule has 1 heterocycles. The first-order chi connectivity index (χ1) is 8.71. The molecule has 0 amide bonds. The van der Waals surface area contributed by atoms with Crippen LogP contribution in [0.5, 0.6) is 11.5 Å². The maximum absolute atomic E-state index is 12.1. The maximum atomic E-state index is 12.1. The van der Waals surface area contributed by atoms with Crippen LogP contribution in [0, 0.1) is 0 Å². The molecule has 0 bridgehead atoms. The number of aliphatic imine (C=N–C) groups is 1. The van der Waals surface area contributed by atoms with Crippen LogP contribution < -0.4 is 14.9 Å². The van der Waals surface area contributed by atoms with Gasteiger partial charge in [0.1, 0.15) is 0 Å². The predicted molar refractivity (Wildman–Crippen MR) is 68.4 cm³/mol. The number of hydrogen-bond acceptors (Lipinski definition) is 5. The molecule has 0 fully saturated rings. The Morgan fingerprint density at radius 1 is 1.28 bits per heavy atom. The van der Waals surface area contributed by atoms with Gasteiger partial charge in [0, 0.05) is 0 Å². The van der Waals surface area contributed by atoms with E-state index in [1.807, 2.05) is 0 Å². The van der Waals surface area contributed by atoms with Crippen LogP contribution in [0.1, 0.15) is 0 Å². The Labute approximate surface area is 110 Å². The van der Waals surface area contributed by atoms with Gasteiger partial charge in [-0.05, 0) is 0 Å². The summed E-state index contributed by atoms with van der Waals surface area (Å²) in [6.07, 6.45) is 1.28. The van der Waals surface area contributed by atoms with Crippen LogP contribution in [0.2, 0.25) is 0 Å². The van der Waals surface area contributed by atoms with Gasteiger partial charge in [-0.2, -0.15) is 0 Å². The molecule has 6 heteroatoms. The summed E-state index contributed by atoms with van der Waals surface area (Å²) < 4.78 is 18.0. The second kappa shape index (κ2) is 5.19. The SMILES string of the molecule is COc1cc2occ(N=C=[Se])c(=O)c2cc1OC. The first kappa shape index (κ1) is 12.6. The number of rotatable bonds is 3. The summed E-state index contributed by atoms with van der Waals surface area (Å²) in [4.78, 5) is 15.9. The molecule has 0 radical (unpaired) electrons. The number of ether oxygens (including phenoxy) is 2. The second-order valence-corrected chi connectivity index (χ2v) is 3.74. The van der Waals surface area contributed by atoms with Crippen molar-refractivity contribution in [3.8, 4) is 11.5 Å². The summed E-state index contributed by atoms with van der Waals surface area (Å²) in [6, 6.07) is 3.17. The first-order valence-electron chi connectivity index (χ1n) is 4.96. The van der Waals surface area contributed by atoms with Crippen LogP contribution in [0.25, 0.3) is 11.0 Å². The Bertz CT molecular complexity index is 701. The van der Waals surface area contributed by atoms with Crippen LogP contribution in [0.3, 0.4) is 0 Å². The fourth-order valence-corrected chi connectivity index (χ4v) is 1.78. The van der Waals surface area contributed by atoms with Gasteiger partial charge >= 0.3 is 110 Å². The van der Waals surface area contributed by atoms with Gasteiger partial charge in [0.05, 0.1) is 0 Å². The van der Waals surface area contributed by atoms with Gasteiger partial charge in [-0.3, -0.25) is 0 Å². The van der Waals surface area contributed by atoms with Crippen LogP contribution in [0.4, 0.5) is 5.69 Å². The van der Waals surface area contributed by atoms with E-state index in [-0.39, 0.29) is 11.1 Å². The summed E-state index contributed by atoms with van der Waals surface area (Å²) in [6.45, 7) is 0. The molecule has 1 aromatic heterocycles. The first-order valence-corrected chi connectivity index (χ1v) is 5.82. The van der Waals surface area contributed by atoms with Crippen molar-refractivity contribution in [1.82, 2.24) is 0 Å². The number of methoxy groups -OCH3 is 2. The van der Waals surface area contributed by atoms with E-state index in [0.29, 0.717) is 22.5 Å². The van der Waals surface area contributed by atoms with Crippen molar-refractivity contribution in [3.63, 3.8) is 0 Å². The Morgan fingerprint density at radius 2 is 1.94 bits per heavy atom. The molecule has 92 valence electrons. The fraction of sp³-hybridized carbons (Fsp3) is 0.167. The van der Waals surface area contributed by atoms with Crippen molar-refractivity contribution in [3.05, 3.63) is 28.6 Å². The molecule has 1 aromatic carbocycles. The van der Waals surface area contributed by atoms with E-state index < -0.39 is 0 Å². The van der Waals surface area contributed by atoms with E-state index in [4.69, 9.17) is 13.9 Å². The Balaban J connectivity index is 2.81. The quantitative estimate of drug-likeness (QED) is 0.637. The van der Waals surface area contributed by atoms with Gasteiger partial charge in [-0.25, -0.2) is 0 Å². The van der Waals surface area contributed by atoms with Crippen LogP contribution in [0.15, 0.2) is 32.6 Å². The second-order valence-electron chi connectivity index (χ2n) is 3.36. The zero-order valence-electron chi connectivity index (χ0n) is 9.72. The van der Waals surface area contributed by atoms with Crippen molar-refractivity contribution in [2.45, 2.75) is 0 Å². The molecule has 0 unspecified atom stereocenters. The number of fused-ring (bicyclic) bond motifs is 1. The third-order valence-corrected chi connectivity index (χ3v) is 2.62. The molecular weight excluding hydrogens is 301 g/mol. The normalized spacial score (nSPS) is 9.89. The molecule has 2 rings (SSSR count). The van der Waals surface area contributed by atoms with Crippen LogP contribution in [-0.2, 0) is 0 Å². The minimum atomic E-state index is -0.250. The molecule has 2 aromatic rings. The Kier molecular flexibility index (Phi) is 3.63. The zero-order chi connectivity index (χ0) is 13.1. The Morgan fingerprint density at radius 3 is 2.56 bits per heavy atom. The van der Waals surface area contributed by atoms with E-state index in [1.165, 1.54) is 20.5 Å². The van der Waals surface area contributed by atoms with E-state index in [9.17, 15) is 4.79 Å². The molecule has 0 aliphatic rings. The number of nitrogens with zero attached hydrogens (tertiary/aromatic N) is 1. The molecule has 0 saturated carbocycles. The monoisotopic (exact) mass is 311 g/mol. The van der Waals surface area contributed by atoms with Crippen molar-refractivity contribution < 1.29 is 13.9 Å². The van der Waals surface area contributed by atoms with Gasteiger partial charge in [-0.1, -0.05) is 0 Å². The molecule has 18 heavy (non-hydrogen) atoms. The van der Waals surface area contributed by atoms with Crippen LogP contribution >= 0.6 is 0 Å². The van der Waals surface area contributed by atoms with E-state index in [0.717, 1.165) is 0 Å². The Hall–Kier alpha value is -1.87. The van der Waals surface area contributed by atoms with Crippen molar-refractivity contribution in [1.29, 1.82) is 0 Å². The molecular formula is C12H9NO4Se. The van der Waals surface area contributed by atoms with E-state index >= 15 is 0 Å². The summed E-state index contributed by atoms with van der Waals surface area (Å²) in [5.41, 5.74) is 0.338. The molecule has 0 saturated heterocycles. The van der Waals surface area contributed by atoms with Gasteiger partial charge in [0.15, 0.2) is 0 Å². The van der Waals surface area contributed by atoms with Gasteiger partial charge in [0.25, 0.3) is 0 Å². The summed E-state index contributed by atoms with van der Waals surface area (Å²) in [5, 5.41) is 0.379. The molecule has 5 nitrogen and oxygen atoms in total. The average Bonchev–Trinajstić information content (AvgIpc) is 2.41. The molecule has 0 atom stereocenters. The third-order valence-electron chi connectivity index (χ3n) is 2.43. The summed E-state index contributed by atoms with van der Waals surface area (Å²) in [7, 11) is 3.02.